The molecule has 4 aromatic rings. The Hall–Kier alpha value is -2.21. The molecule has 0 N–H and O–H groups in total. The highest BCUT2D eigenvalue weighted by Gasteiger charge is 2.60. The van der Waals surface area contributed by atoms with Crippen LogP contribution in [-0.4, -0.2) is 19.7 Å². The Kier molecular flexibility index (Phi) is 6.20. The van der Waals surface area contributed by atoms with E-state index in [1.54, 1.807) is 0 Å². The Bertz CT molecular complexity index is 941. The molecule has 0 saturated heterocycles. The molecule has 0 amide bonds. The van der Waals surface area contributed by atoms with Crippen LogP contribution in [0.1, 0.15) is 6.92 Å². The van der Waals surface area contributed by atoms with Crippen molar-refractivity contribution in [3.05, 3.63) is 121 Å². The van der Waals surface area contributed by atoms with Crippen molar-refractivity contribution in [1.29, 1.82) is 0 Å². The van der Waals surface area contributed by atoms with Crippen molar-refractivity contribution < 1.29 is 0 Å². The molecular weight excluding hydrogens is 472 g/mol. The number of benzene rings is 4. The van der Waals surface area contributed by atoms with Gasteiger partial charge in [-0.15, -0.1) is 0 Å². The van der Waals surface area contributed by atoms with E-state index in [0.717, 1.165) is 0 Å². The summed E-state index contributed by atoms with van der Waals surface area (Å²) >= 11 is 4.50. The Morgan fingerprint density at radius 1 is 0.452 bits per heavy atom. The third-order valence-electron chi connectivity index (χ3n) is 7.28. The van der Waals surface area contributed by atoms with Gasteiger partial charge in [0.25, 0.3) is 0 Å². The number of alkyl halides is 1. The molecule has 0 aliphatic rings. The van der Waals surface area contributed by atoms with Crippen LogP contribution in [0, 0.1) is 0 Å². The first-order chi connectivity index (χ1) is 14.9. The van der Waals surface area contributed by atoms with Crippen molar-refractivity contribution in [1.82, 2.24) is 0 Å². The van der Waals surface area contributed by atoms with Crippen LogP contribution in [0.15, 0.2) is 121 Å². The largest absolute Gasteiger partial charge is 0.129 e. The molecular formula is C28H29BrSi2. The van der Waals surface area contributed by atoms with Gasteiger partial charge in [0.15, 0.2) is 0 Å². The van der Waals surface area contributed by atoms with Crippen molar-refractivity contribution in [2.75, 3.05) is 0 Å². The maximum Gasteiger partial charge on any atom is 0.129 e. The minimum atomic E-state index is -2.25. The third-order valence-corrected chi connectivity index (χ3v) is 24.7. The molecule has 0 bridgehead atoms. The summed E-state index contributed by atoms with van der Waals surface area (Å²) in [5.74, 6) is 0. The van der Waals surface area contributed by atoms with E-state index in [2.05, 4.69) is 157 Å². The van der Waals surface area contributed by atoms with Crippen molar-refractivity contribution in [3.63, 3.8) is 0 Å². The van der Waals surface area contributed by atoms with Gasteiger partial charge in [-0.1, -0.05) is 178 Å². The molecule has 0 aliphatic heterocycles. The number of rotatable bonds is 6. The Morgan fingerprint density at radius 3 is 0.839 bits per heavy atom. The second-order valence-corrected chi connectivity index (χ2v) is 21.1. The zero-order valence-corrected chi connectivity index (χ0v) is 22.0. The highest BCUT2D eigenvalue weighted by atomic mass is 79.9. The van der Waals surface area contributed by atoms with Gasteiger partial charge in [0, 0.05) is 3.57 Å². The molecule has 0 aromatic heterocycles. The van der Waals surface area contributed by atoms with E-state index >= 15 is 0 Å². The van der Waals surface area contributed by atoms with Crippen LogP contribution in [0.2, 0.25) is 13.1 Å². The lowest BCUT2D eigenvalue weighted by Gasteiger charge is -2.52. The Labute approximate surface area is 197 Å². The van der Waals surface area contributed by atoms with E-state index in [9.17, 15) is 0 Å². The number of hydrogen-bond donors (Lipinski definition) is 0. The number of hydrogen-bond acceptors (Lipinski definition) is 0. The van der Waals surface area contributed by atoms with Gasteiger partial charge >= 0.3 is 0 Å². The van der Waals surface area contributed by atoms with Gasteiger partial charge in [-0.3, -0.25) is 0 Å². The molecule has 0 radical (unpaired) electrons. The van der Waals surface area contributed by atoms with Gasteiger partial charge < -0.3 is 0 Å². The van der Waals surface area contributed by atoms with E-state index in [1.165, 1.54) is 20.7 Å². The smallest absolute Gasteiger partial charge is 0.0909 e. The second-order valence-electron chi connectivity index (χ2n) is 8.72. The summed E-state index contributed by atoms with van der Waals surface area (Å²) < 4.78 is -0.0849. The summed E-state index contributed by atoms with van der Waals surface area (Å²) in [6.45, 7) is 7.57. The van der Waals surface area contributed by atoms with Gasteiger partial charge in [0.2, 0.25) is 0 Å². The predicted molar refractivity (Wildman–Crippen MR) is 145 cm³/mol. The fourth-order valence-corrected chi connectivity index (χ4v) is 19.8. The van der Waals surface area contributed by atoms with E-state index in [4.69, 9.17) is 0 Å². The van der Waals surface area contributed by atoms with Crippen LogP contribution in [0.25, 0.3) is 0 Å². The zero-order valence-electron chi connectivity index (χ0n) is 18.4. The monoisotopic (exact) mass is 500 g/mol. The minimum absolute atomic E-state index is 0.0849. The second kappa shape index (κ2) is 8.74. The van der Waals surface area contributed by atoms with Crippen molar-refractivity contribution >= 4 is 52.8 Å². The van der Waals surface area contributed by atoms with Gasteiger partial charge in [-0.05, 0) is 0 Å². The number of halogens is 1. The van der Waals surface area contributed by atoms with Crippen LogP contribution in [-0.2, 0) is 0 Å². The van der Waals surface area contributed by atoms with Crippen LogP contribution in [0.4, 0.5) is 0 Å². The molecule has 4 rings (SSSR count). The summed E-state index contributed by atoms with van der Waals surface area (Å²) in [6.07, 6.45) is 0. The summed E-state index contributed by atoms with van der Waals surface area (Å²) in [7, 11) is -4.50. The van der Waals surface area contributed by atoms with E-state index in [1.807, 2.05) is 0 Å². The van der Waals surface area contributed by atoms with E-state index in [-0.39, 0.29) is 3.57 Å². The van der Waals surface area contributed by atoms with E-state index in [0.29, 0.717) is 0 Å². The van der Waals surface area contributed by atoms with Gasteiger partial charge in [-0.2, -0.15) is 0 Å². The highest BCUT2D eigenvalue weighted by molar-refractivity contribution is 9.11. The summed E-state index contributed by atoms with van der Waals surface area (Å²) in [5, 5.41) is 5.86. The fraction of sp³-hybridized carbons (Fsp3) is 0.143. The highest BCUT2D eigenvalue weighted by Crippen LogP contribution is 2.38. The first kappa shape index (κ1) is 22.0. The molecule has 31 heavy (non-hydrogen) atoms. The van der Waals surface area contributed by atoms with Gasteiger partial charge in [0.1, 0.15) is 16.1 Å². The maximum absolute atomic E-state index is 4.50. The lowest BCUT2D eigenvalue weighted by molar-refractivity contribution is 1.18. The zero-order chi connectivity index (χ0) is 22.0. The van der Waals surface area contributed by atoms with Crippen molar-refractivity contribution in [2.24, 2.45) is 0 Å². The van der Waals surface area contributed by atoms with Crippen LogP contribution < -0.4 is 20.7 Å². The lowest BCUT2D eigenvalue weighted by atomic mass is 10.4. The van der Waals surface area contributed by atoms with E-state index < -0.39 is 16.1 Å². The average Bonchev–Trinajstić information content (AvgIpc) is 2.85. The molecule has 0 nitrogen and oxygen atoms in total. The maximum atomic E-state index is 4.50. The predicted octanol–water partition coefficient (Wildman–Crippen LogP) is 5.00. The molecule has 0 fully saturated rings. The summed E-state index contributed by atoms with van der Waals surface area (Å²) in [6, 6.07) is 44.7. The normalized spacial score (nSPS) is 12.5. The standard InChI is InChI=1S/C28H29BrSi2/c1-28(29,30(2,24-16-8-4-9-17-24)25-18-10-5-11-19-25)31(3,26-20-12-6-13-21-26)27-22-14-7-15-23-27/h4-23H,1-3H3. The first-order valence-corrected chi connectivity index (χ1v) is 16.6. The van der Waals surface area contributed by atoms with Crippen LogP contribution >= 0.6 is 15.9 Å². The summed E-state index contributed by atoms with van der Waals surface area (Å²) in [5.41, 5.74) is 0. The fourth-order valence-electron chi connectivity index (χ4n) is 5.00. The first-order valence-electron chi connectivity index (χ1n) is 10.8. The van der Waals surface area contributed by atoms with Gasteiger partial charge in [0.05, 0.1) is 0 Å². The summed E-state index contributed by atoms with van der Waals surface area (Å²) in [4.78, 5) is 0. The molecule has 0 saturated carbocycles. The van der Waals surface area contributed by atoms with Crippen LogP contribution in [0.3, 0.4) is 0 Å². The molecule has 0 atom stereocenters. The minimum Gasteiger partial charge on any atom is -0.0909 e. The van der Waals surface area contributed by atoms with Crippen molar-refractivity contribution in [2.45, 2.75) is 23.6 Å². The Morgan fingerprint density at radius 2 is 0.645 bits per heavy atom. The molecule has 0 spiro atoms. The SMILES string of the molecule is CC(Br)([Si](C)(c1ccccc1)c1ccccc1)[Si](C)(c1ccccc1)c1ccccc1. The molecule has 4 aromatic carbocycles. The molecule has 156 valence electrons. The van der Waals surface area contributed by atoms with Gasteiger partial charge in [-0.25, -0.2) is 0 Å². The third kappa shape index (κ3) is 3.59. The molecule has 0 aliphatic carbocycles. The van der Waals surface area contributed by atoms with Crippen molar-refractivity contribution in [3.8, 4) is 0 Å². The topological polar surface area (TPSA) is 0 Å². The Balaban J connectivity index is 2.05. The molecule has 0 unspecified atom stereocenters. The molecule has 3 heteroatoms. The average molecular weight is 502 g/mol. The molecule has 0 heterocycles. The van der Waals surface area contributed by atoms with Crippen LogP contribution in [0.5, 0.6) is 0 Å². The lowest BCUT2D eigenvalue weighted by Crippen LogP contribution is -2.82. The quantitative estimate of drug-likeness (QED) is 0.258.